The van der Waals surface area contributed by atoms with E-state index in [-0.39, 0.29) is 0 Å². The molecule has 0 saturated heterocycles. The number of hydrogen-bond acceptors (Lipinski definition) is 5. The van der Waals surface area contributed by atoms with Crippen LogP contribution in [0.3, 0.4) is 0 Å². The first-order chi connectivity index (χ1) is 15.2. The standard InChI is InChI=1S/C25H21N5S/c1-3-31-25-28-24(29-30-25)22-12-20(11-21(13-22)23-14-26-16(2)27-15-23)19-9-8-17-6-4-5-7-18(17)10-19/h4-15H,3H2,1-2H3,(H,28,29,30). The molecule has 0 bridgehead atoms. The molecule has 5 rings (SSSR count). The van der Waals surface area contributed by atoms with Crippen LogP contribution in [0.1, 0.15) is 12.7 Å². The van der Waals surface area contributed by atoms with E-state index in [2.05, 4.69) is 92.7 Å². The zero-order chi connectivity index (χ0) is 21.2. The molecule has 0 aliphatic heterocycles. The number of aryl methyl sites for hydroxylation is 1. The second kappa shape index (κ2) is 8.32. The summed E-state index contributed by atoms with van der Waals surface area (Å²) in [4.78, 5) is 13.4. The van der Waals surface area contributed by atoms with Gasteiger partial charge in [-0.2, -0.15) is 0 Å². The van der Waals surface area contributed by atoms with Gasteiger partial charge in [-0.25, -0.2) is 15.0 Å². The number of nitrogens with one attached hydrogen (secondary N) is 1. The van der Waals surface area contributed by atoms with Crippen molar-refractivity contribution < 1.29 is 0 Å². The van der Waals surface area contributed by atoms with E-state index in [0.29, 0.717) is 0 Å². The lowest BCUT2D eigenvalue weighted by Crippen LogP contribution is -1.91. The third-order valence-corrected chi connectivity index (χ3v) is 5.87. The number of aromatic amines is 1. The Morgan fingerprint density at radius 1 is 0.774 bits per heavy atom. The molecule has 2 heterocycles. The largest absolute Gasteiger partial charge is 0.258 e. The fraction of sp³-hybridized carbons (Fsp3) is 0.120. The second-order valence-electron chi connectivity index (χ2n) is 7.28. The first kappa shape index (κ1) is 19.5. The van der Waals surface area contributed by atoms with Crippen molar-refractivity contribution in [2.45, 2.75) is 19.0 Å². The molecule has 0 amide bonds. The van der Waals surface area contributed by atoms with E-state index in [1.54, 1.807) is 11.8 Å². The average molecular weight is 424 g/mol. The van der Waals surface area contributed by atoms with E-state index < -0.39 is 0 Å². The Hall–Kier alpha value is -3.51. The summed E-state index contributed by atoms with van der Waals surface area (Å²) in [5.41, 5.74) is 5.26. The van der Waals surface area contributed by atoms with Crippen molar-refractivity contribution in [3.05, 3.63) is 78.9 Å². The van der Waals surface area contributed by atoms with Gasteiger partial charge in [0, 0.05) is 23.5 Å². The van der Waals surface area contributed by atoms with Crippen LogP contribution in [0, 0.1) is 6.92 Å². The van der Waals surface area contributed by atoms with E-state index in [1.165, 1.54) is 10.8 Å². The number of hydrogen-bond donors (Lipinski definition) is 1. The summed E-state index contributed by atoms with van der Waals surface area (Å²) in [5.74, 6) is 2.44. The highest BCUT2D eigenvalue weighted by molar-refractivity contribution is 7.99. The normalized spacial score (nSPS) is 11.2. The van der Waals surface area contributed by atoms with Crippen molar-refractivity contribution in [1.82, 2.24) is 25.1 Å². The molecule has 0 aliphatic carbocycles. The van der Waals surface area contributed by atoms with E-state index in [9.17, 15) is 0 Å². The molecule has 5 nitrogen and oxygen atoms in total. The van der Waals surface area contributed by atoms with Crippen LogP contribution in [-0.4, -0.2) is 30.9 Å². The molecule has 152 valence electrons. The lowest BCUT2D eigenvalue weighted by atomic mass is 9.95. The van der Waals surface area contributed by atoms with Gasteiger partial charge in [-0.3, -0.25) is 5.10 Å². The first-order valence-electron chi connectivity index (χ1n) is 10.2. The fourth-order valence-electron chi connectivity index (χ4n) is 3.58. The Balaban J connectivity index is 1.66. The minimum absolute atomic E-state index is 0.756. The zero-order valence-corrected chi connectivity index (χ0v) is 18.1. The molecule has 2 aromatic heterocycles. The predicted molar refractivity (Wildman–Crippen MR) is 127 cm³/mol. The molecule has 0 saturated carbocycles. The lowest BCUT2D eigenvalue weighted by molar-refractivity contribution is 0.974. The predicted octanol–water partition coefficient (Wildman–Crippen LogP) is 6.17. The molecular weight excluding hydrogens is 402 g/mol. The molecule has 0 unspecified atom stereocenters. The summed E-state index contributed by atoms with van der Waals surface area (Å²) in [7, 11) is 0. The highest BCUT2D eigenvalue weighted by Gasteiger charge is 2.12. The van der Waals surface area contributed by atoms with Crippen LogP contribution in [0.15, 0.2) is 78.2 Å². The van der Waals surface area contributed by atoms with E-state index in [1.807, 2.05) is 19.3 Å². The molecule has 5 aromatic rings. The van der Waals surface area contributed by atoms with Crippen molar-refractivity contribution in [2.75, 3.05) is 5.75 Å². The van der Waals surface area contributed by atoms with Gasteiger partial charge in [-0.15, -0.1) is 5.10 Å². The van der Waals surface area contributed by atoms with Crippen molar-refractivity contribution in [1.29, 1.82) is 0 Å². The van der Waals surface area contributed by atoms with Crippen molar-refractivity contribution in [2.24, 2.45) is 0 Å². The number of fused-ring (bicyclic) bond motifs is 1. The Labute approximate surface area is 185 Å². The Kier molecular flexibility index (Phi) is 5.22. The third-order valence-electron chi connectivity index (χ3n) is 5.14. The molecule has 0 aliphatic rings. The number of nitrogens with zero attached hydrogens (tertiary/aromatic N) is 4. The van der Waals surface area contributed by atoms with Gasteiger partial charge < -0.3 is 0 Å². The molecule has 31 heavy (non-hydrogen) atoms. The number of benzene rings is 3. The quantitative estimate of drug-likeness (QED) is 0.342. The number of aromatic nitrogens is 5. The fourth-order valence-corrected chi connectivity index (χ4v) is 4.10. The molecule has 6 heteroatoms. The van der Waals surface area contributed by atoms with Crippen molar-refractivity contribution in [3.63, 3.8) is 0 Å². The van der Waals surface area contributed by atoms with E-state index in [0.717, 1.165) is 50.4 Å². The SMILES string of the molecule is CCSc1n[nH]c(-c2cc(-c3cnc(C)nc3)cc(-c3ccc4ccccc4c3)c2)n1. The first-order valence-corrected chi connectivity index (χ1v) is 11.2. The summed E-state index contributed by atoms with van der Waals surface area (Å²) in [6.07, 6.45) is 3.73. The highest BCUT2D eigenvalue weighted by atomic mass is 32.2. The number of H-pyrrole nitrogens is 1. The smallest absolute Gasteiger partial charge is 0.208 e. The maximum absolute atomic E-state index is 4.67. The highest BCUT2D eigenvalue weighted by Crippen LogP contribution is 2.33. The summed E-state index contributed by atoms with van der Waals surface area (Å²) < 4.78 is 0. The maximum atomic E-state index is 4.67. The summed E-state index contributed by atoms with van der Waals surface area (Å²) >= 11 is 1.62. The summed E-state index contributed by atoms with van der Waals surface area (Å²) in [5, 5.41) is 10.6. The average Bonchev–Trinajstić information content (AvgIpc) is 3.28. The van der Waals surface area contributed by atoms with E-state index in [4.69, 9.17) is 0 Å². The van der Waals surface area contributed by atoms with Gasteiger partial charge in [0.1, 0.15) is 5.82 Å². The summed E-state index contributed by atoms with van der Waals surface area (Å²) in [6.45, 7) is 3.98. The van der Waals surface area contributed by atoms with Gasteiger partial charge >= 0.3 is 0 Å². The van der Waals surface area contributed by atoms with Gasteiger partial charge in [-0.1, -0.05) is 55.1 Å². The van der Waals surface area contributed by atoms with Crippen LogP contribution >= 0.6 is 11.8 Å². The Bertz CT molecular complexity index is 1360. The van der Waals surface area contributed by atoms with Gasteiger partial charge in [0.15, 0.2) is 5.82 Å². The molecule has 0 fully saturated rings. The van der Waals surface area contributed by atoms with Gasteiger partial charge in [0.05, 0.1) is 0 Å². The van der Waals surface area contributed by atoms with Crippen molar-refractivity contribution in [3.8, 4) is 33.6 Å². The molecule has 0 radical (unpaired) electrons. The second-order valence-corrected chi connectivity index (χ2v) is 8.51. The molecule has 0 spiro atoms. The van der Waals surface area contributed by atoms with Crippen LogP contribution in [0.25, 0.3) is 44.4 Å². The lowest BCUT2D eigenvalue weighted by Gasteiger charge is -2.10. The summed E-state index contributed by atoms with van der Waals surface area (Å²) in [6, 6.07) is 21.4. The van der Waals surface area contributed by atoms with Crippen LogP contribution in [0.4, 0.5) is 0 Å². The number of rotatable bonds is 5. The maximum Gasteiger partial charge on any atom is 0.208 e. The monoisotopic (exact) mass is 423 g/mol. The van der Waals surface area contributed by atoms with Crippen LogP contribution in [0.2, 0.25) is 0 Å². The minimum Gasteiger partial charge on any atom is -0.258 e. The molecule has 1 N–H and O–H groups in total. The van der Waals surface area contributed by atoms with Crippen molar-refractivity contribution >= 4 is 22.5 Å². The Morgan fingerprint density at radius 3 is 2.26 bits per heavy atom. The van der Waals surface area contributed by atoms with Gasteiger partial charge in [-0.05, 0) is 64.4 Å². The molecular formula is C25H21N5S. The zero-order valence-electron chi connectivity index (χ0n) is 17.3. The Morgan fingerprint density at radius 2 is 1.48 bits per heavy atom. The minimum atomic E-state index is 0.756. The molecule has 0 atom stereocenters. The van der Waals surface area contributed by atoms with Crippen LogP contribution in [0.5, 0.6) is 0 Å². The van der Waals surface area contributed by atoms with Gasteiger partial charge in [0.2, 0.25) is 5.16 Å². The van der Waals surface area contributed by atoms with Crippen LogP contribution < -0.4 is 0 Å². The topological polar surface area (TPSA) is 67.3 Å². The number of thioether (sulfide) groups is 1. The van der Waals surface area contributed by atoms with E-state index >= 15 is 0 Å². The van der Waals surface area contributed by atoms with Gasteiger partial charge in [0.25, 0.3) is 0 Å². The van der Waals surface area contributed by atoms with Crippen LogP contribution in [-0.2, 0) is 0 Å². The molecule has 3 aromatic carbocycles. The third kappa shape index (κ3) is 4.07.